The van der Waals surface area contributed by atoms with E-state index in [1.807, 2.05) is 37.3 Å². The SMILES string of the molecule is Cc1cc(-c2n[nH]c3ccc(C(=O)NC4CCCN(C5(O)CCC6=C5C=CCC6)C4)cc23)ccn1. The summed E-state index contributed by atoms with van der Waals surface area (Å²) in [6.07, 6.45) is 11.8. The second kappa shape index (κ2) is 8.73. The molecule has 3 aliphatic rings. The minimum atomic E-state index is -0.900. The summed E-state index contributed by atoms with van der Waals surface area (Å²) in [6, 6.07) is 9.59. The first-order valence-corrected chi connectivity index (χ1v) is 12.6. The molecular weight excluding hydrogens is 438 g/mol. The number of aromatic nitrogens is 3. The Morgan fingerprint density at radius 3 is 3.06 bits per heavy atom. The number of aliphatic hydroxyl groups is 1. The summed E-state index contributed by atoms with van der Waals surface area (Å²) in [7, 11) is 0. The van der Waals surface area contributed by atoms with Crippen molar-refractivity contribution in [3.8, 4) is 11.3 Å². The van der Waals surface area contributed by atoms with Crippen molar-refractivity contribution in [3.63, 3.8) is 0 Å². The van der Waals surface area contributed by atoms with Gasteiger partial charge in [-0.1, -0.05) is 17.7 Å². The number of aromatic amines is 1. The Balaban J connectivity index is 1.20. The molecule has 0 spiro atoms. The van der Waals surface area contributed by atoms with Crippen LogP contribution in [0.2, 0.25) is 0 Å². The van der Waals surface area contributed by atoms with Crippen molar-refractivity contribution >= 4 is 16.8 Å². The minimum absolute atomic E-state index is 0.000130. The van der Waals surface area contributed by atoms with Gasteiger partial charge in [-0.05, 0) is 81.4 Å². The van der Waals surface area contributed by atoms with Crippen LogP contribution in [0, 0.1) is 6.92 Å². The van der Waals surface area contributed by atoms with E-state index in [9.17, 15) is 9.90 Å². The molecule has 35 heavy (non-hydrogen) atoms. The van der Waals surface area contributed by atoms with Gasteiger partial charge in [0.25, 0.3) is 5.91 Å². The van der Waals surface area contributed by atoms with E-state index in [1.165, 1.54) is 5.57 Å². The van der Waals surface area contributed by atoms with Crippen LogP contribution in [0.1, 0.15) is 54.6 Å². The minimum Gasteiger partial charge on any atom is -0.371 e. The van der Waals surface area contributed by atoms with Crippen LogP contribution in [-0.4, -0.2) is 56.0 Å². The molecule has 180 valence electrons. The van der Waals surface area contributed by atoms with Gasteiger partial charge in [0.15, 0.2) is 0 Å². The van der Waals surface area contributed by atoms with Gasteiger partial charge in [0, 0.05) is 47.5 Å². The number of allylic oxidation sites excluding steroid dienone is 2. The molecule has 7 heteroatoms. The third-order valence-corrected chi connectivity index (χ3v) is 7.76. The number of benzene rings is 1. The lowest BCUT2D eigenvalue weighted by molar-refractivity contribution is -0.0870. The van der Waals surface area contributed by atoms with Crippen molar-refractivity contribution in [1.29, 1.82) is 0 Å². The zero-order valence-electron chi connectivity index (χ0n) is 20.1. The maximum Gasteiger partial charge on any atom is 0.251 e. The van der Waals surface area contributed by atoms with E-state index >= 15 is 0 Å². The maximum absolute atomic E-state index is 13.3. The molecule has 0 saturated carbocycles. The molecule has 0 radical (unpaired) electrons. The van der Waals surface area contributed by atoms with Crippen molar-refractivity contribution in [2.24, 2.45) is 0 Å². The van der Waals surface area contributed by atoms with Crippen molar-refractivity contribution < 1.29 is 9.90 Å². The maximum atomic E-state index is 13.3. The Morgan fingerprint density at radius 1 is 1.26 bits per heavy atom. The molecule has 0 bridgehead atoms. The summed E-state index contributed by atoms with van der Waals surface area (Å²) in [5, 5.41) is 23.3. The smallest absolute Gasteiger partial charge is 0.251 e. The van der Waals surface area contributed by atoms with Crippen LogP contribution in [0.4, 0.5) is 0 Å². The molecule has 1 fully saturated rings. The number of hydrogen-bond acceptors (Lipinski definition) is 5. The molecule has 2 atom stereocenters. The van der Waals surface area contributed by atoms with E-state index in [1.54, 1.807) is 6.20 Å². The van der Waals surface area contributed by atoms with Crippen molar-refractivity contribution in [1.82, 2.24) is 25.4 Å². The molecule has 2 aromatic heterocycles. The zero-order valence-corrected chi connectivity index (χ0v) is 20.1. The third kappa shape index (κ3) is 3.98. The molecule has 2 aliphatic carbocycles. The summed E-state index contributed by atoms with van der Waals surface area (Å²) in [5.74, 6) is -0.0901. The third-order valence-electron chi connectivity index (χ3n) is 7.76. The van der Waals surface area contributed by atoms with Gasteiger partial charge in [-0.25, -0.2) is 0 Å². The van der Waals surface area contributed by atoms with Gasteiger partial charge in [0.1, 0.15) is 11.4 Å². The van der Waals surface area contributed by atoms with Crippen LogP contribution >= 0.6 is 0 Å². The van der Waals surface area contributed by atoms with E-state index in [0.29, 0.717) is 12.1 Å². The van der Waals surface area contributed by atoms with Gasteiger partial charge in [0.05, 0.1) is 5.52 Å². The van der Waals surface area contributed by atoms with Crippen LogP contribution in [0.15, 0.2) is 59.8 Å². The number of aryl methyl sites for hydroxylation is 1. The van der Waals surface area contributed by atoms with E-state index < -0.39 is 5.72 Å². The normalized spacial score (nSPS) is 24.7. The second-order valence-corrected chi connectivity index (χ2v) is 10.1. The number of hydrogen-bond donors (Lipinski definition) is 3. The van der Waals surface area contributed by atoms with Crippen LogP contribution in [0.3, 0.4) is 0 Å². The summed E-state index contributed by atoms with van der Waals surface area (Å²) in [4.78, 5) is 19.7. The van der Waals surface area contributed by atoms with Crippen molar-refractivity contribution in [3.05, 3.63) is 71.1 Å². The van der Waals surface area contributed by atoms with Gasteiger partial charge in [-0.15, -0.1) is 0 Å². The lowest BCUT2D eigenvalue weighted by atomic mass is 9.93. The number of fused-ring (bicyclic) bond motifs is 1. The molecule has 1 aliphatic heterocycles. The van der Waals surface area contributed by atoms with E-state index in [4.69, 9.17) is 0 Å². The number of nitrogens with one attached hydrogen (secondary N) is 2. The Hall–Kier alpha value is -3.29. The first-order valence-electron chi connectivity index (χ1n) is 12.6. The molecular formula is C28H31N5O2. The Morgan fingerprint density at radius 2 is 2.17 bits per heavy atom. The highest BCUT2D eigenvalue weighted by Crippen LogP contribution is 2.43. The number of pyridine rings is 1. The van der Waals surface area contributed by atoms with E-state index in [2.05, 4.69) is 37.6 Å². The van der Waals surface area contributed by atoms with Crippen LogP contribution in [-0.2, 0) is 0 Å². The molecule has 6 rings (SSSR count). The number of likely N-dealkylation sites (tertiary alicyclic amines) is 1. The molecule has 3 N–H and O–H groups in total. The topological polar surface area (TPSA) is 94.1 Å². The van der Waals surface area contributed by atoms with Gasteiger partial charge >= 0.3 is 0 Å². The fourth-order valence-electron chi connectivity index (χ4n) is 5.94. The monoisotopic (exact) mass is 469 g/mol. The lowest BCUT2D eigenvalue weighted by Gasteiger charge is -2.43. The highest BCUT2D eigenvalue weighted by atomic mass is 16.3. The fourth-order valence-corrected chi connectivity index (χ4v) is 5.94. The first-order chi connectivity index (χ1) is 17.0. The van der Waals surface area contributed by atoms with Gasteiger partial charge in [0.2, 0.25) is 0 Å². The molecule has 3 heterocycles. The summed E-state index contributed by atoms with van der Waals surface area (Å²) < 4.78 is 0. The average Bonchev–Trinajstić information content (AvgIpc) is 3.46. The number of carbonyl (C=O) groups is 1. The first kappa shape index (κ1) is 22.2. The Kier molecular flexibility index (Phi) is 5.54. The highest BCUT2D eigenvalue weighted by Gasteiger charge is 2.44. The quantitative estimate of drug-likeness (QED) is 0.531. The fraction of sp³-hybridized carbons (Fsp3) is 0.393. The molecule has 1 aromatic carbocycles. The summed E-state index contributed by atoms with van der Waals surface area (Å²) in [6.45, 7) is 3.46. The Labute approximate surface area is 204 Å². The highest BCUT2D eigenvalue weighted by molar-refractivity contribution is 6.01. The number of rotatable bonds is 4. The largest absolute Gasteiger partial charge is 0.371 e. The number of piperidine rings is 1. The molecule has 1 amide bonds. The summed E-state index contributed by atoms with van der Waals surface area (Å²) >= 11 is 0. The predicted molar refractivity (Wildman–Crippen MR) is 136 cm³/mol. The Bertz CT molecular complexity index is 1360. The number of carbonyl (C=O) groups excluding carboxylic acids is 1. The molecule has 1 saturated heterocycles. The summed E-state index contributed by atoms with van der Waals surface area (Å²) in [5.41, 5.74) is 5.81. The number of amides is 1. The van der Waals surface area contributed by atoms with Gasteiger partial charge in [-0.2, -0.15) is 5.10 Å². The number of nitrogens with zero attached hydrogens (tertiary/aromatic N) is 3. The van der Waals surface area contributed by atoms with Crippen LogP contribution < -0.4 is 5.32 Å². The molecule has 3 aromatic rings. The van der Waals surface area contributed by atoms with Crippen LogP contribution in [0.5, 0.6) is 0 Å². The standard InChI is InChI=1S/C28H31N5O2/c1-18-15-20(11-13-29-18)26-23-16-21(8-9-25(23)31-32-26)27(34)30-22-6-4-14-33(17-22)28(35)12-10-19-5-2-3-7-24(19)28/h3,7-9,11,13,15-16,22,35H,2,4-6,10,12,14,17H2,1H3,(H,30,34)(H,31,32). The number of H-pyrrole nitrogens is 1. The second-order valence-electron chi connectivity index (χ2n) is 10.1. The molecule has 7 nitrogen and oxygen atoms in total. The zero-order chi connectivity index (χ0) is 24.0. The average molecular weight is 470 g/mol. The predicted octanol–water partition coefficient (Wildman–Crippen LogP) is 4.26. The van der Waals surface area contributed by atoms with Crippen molar-refractivity contribution in [2.75, 3.05) is 13.1 Å². The molecule has 2 unspecified atom stereocenters. The van der Waals surface area contributed by atoms with Crippen LogP contribution in [0.25, 0.3) is 22.2 Å². The van der Waals surface area contributed by atoms with Crippen molar-refractivity contribution in [2.45, 2.75) is 57.2 Å². The van der Waals surface area contributed by atoms with E-state index in [-0.39, 0.29) is 11.9 Å². The van der Waals surface area contributed by atoms with Gasteiger partial charge < -0.3 is 10.4 Å². The van der Waals surface area contributed by atoms with E-state index in [0.717, 1.165) is 78.5 Å². The lowest BCUT2D eigenvalue weighted by Crippen LogP contribution is -2.57. The van der Waals surface area contributed by atoms with Gasteiger partial charge in [-0.3, -0.25) is 19.8 Å².